The predicted molar refractivity (Wildman–Crippen MR) is 64.0 cm³/mol. The summed E-state index contributed by atoms with van der Waals surface area (Å²) in [6, 6.07) is 0. The van der Waals surface area contributed by atoms with E-state index < -0.39 is 14.8 Å². The Labute approximate surface area is 103 Å². The molecule has 0 aliphatic heterocycles. The van der Waals surface area contributed by atoms with Crippen molar-refractivity contribution in [2.45, 2.75) is 39.4 Å². The molecule has 0 amide bonds. The van der Waals surface area contributed by atoms with Gasteiger partial charge in [0.05, 0.1) is 12.7 Å². The van der Waals surface area contributed by atoms with Crippen molar-refractivity contribution in [2.24, 2.45) is 0 Å². The average molecular weight is 244 g/mol. The summed E-state index contributed by atoms with van der Waals surface area (Å²) in [4.78, 5) is 10.9. The molecule has 4 nitrogen and oxygen atoms in total. The molecule has 0 N–H and O–H groups in total. The molecule has 0 aliphatic rings. The molecule has 0 rings (SSSR count). The van der Waals surface area contributed by atoms with Crippen LogP contribution >= 0.6 is 0 Å². The number of carbonyl (C=O) groups is 1. The van der Waals surface area contributed by atoms with E-state index in [1.54, 1.807) is 0 Å². The Kier molecular flexibility index (Phi) is 9.41. The van der Waals surface area contributed by atoms with Crippen molar-refractivity contribution < 1.29 is 17.1 Å². The molecule has 0 bridgehead atoms. The summed E-state index contributed by atoms with van der Waals surface area (Å²) in [5.74, 6) is 2.12. The molecule has 0 aromatic heterocycles. The number of hydrogen-bond donors (Lipinski definition) is 0. The third-order valence-electron chi connectivity index (χ3n) is 1.74. The topological polar surface area (TPSA) is 44.8 Å². The molecule has 0 aromatic carbocycles. The van der Waals surface area contributed by atoms with Crippen LogP contribution in [0.2, 0.25) is 5.79 Å². The van der Waals surface area contributed by atoms with Crippen LogP contribution in [-0.4, -0.2) is 33.8 Å². The second kappa shape index (κ2) is 9.71. The molecule has 0 unspecified atom stereocenters. The highest BCUT2D eigenvalue weighted by molar-refractivity contribution is 6.42. The van der Waals surface area contributed by atoms with Gasteiger partial charge in [-0.1, -0.05) is 13.3 Å². The number of allylic oxidation sites excluding steroid dienone is 1. The summed E-state index contributed by atoms with van der Waals surface area (Å²) < 4.78 is 16.2. The van der Waals surface area contributed by atoms with Crippen molar-refractivity contribution in [1.82, 2.24) is 0 Å². The maximum atomic E-state index is 10.9. The second-order valence-corrected chi connectivity index (χ2v) is 5.12. The Balaban J connectivity index is 4.02. The van der Waals surface area contributed by atoms with Gasteiger partial charge in [0.2, 0.25) is 5.95 Å². The second-order valence-electron chi connectivity index (χ2n) is 3.42. The van der Waals surface area contributed by atoms with E-state index in [9.17, 15) is 4.79 Å². The number of hydrogen-bond acceptors (Lipinski definition) is 4. The molecular weight excluding hydrogens is 223 g/mol. The molecule has 0 spiro atoms. The molecule has 1 radical (unpaired) electrons. The van der Waals surface area contributed by atoms with Gasteiger partial charge in [-0.25, -0.2) is 0 Å². The molecule has 5 heteroatoms. The van der Waals surface area contributed by atoms with Gasteiger partial charge in [0.25, 0.3) is 0 Å². The van der Waals surface area contributed by atoms with Crippen LogP contribution in [0.3, 0.4) is 0 Å². The Morgan fingerprint density at radius 3 is 2.56 bits per heavy atom. The van der Waals surface area contributed by atoms with E-state index >= 15 is 0 Å². The Hall–Kier alpha value is -0.498. The quantitative estimate of drug-likeness (QED) is 0.270. The Bertz CT molecular complexity index is 228. The molecule has 0 heterocycles. The molecule has 0 saturated heterocycles. The molecular formula is C11H21AlO4-. The van der Waals surface area contributed by atoms with Crippen LogP contribution in [-0.2, 0) is 17.1 Å². The molecule has 0 aliphatic carbocycles. The van der Waals surface area contributed by atoms with Crippen LogP contribution in [0.5, 0.6) is 0 Å². The first kappa shape index (κ1) is 15.5. The van der Waals surface area contributed by atoms with E-state index in [-0.39, 0.29) is 11.7 Å². The lowest BCUT2D eigenvalue weighted by molar-refractivity contribution is -0.113. The van der Waals surface area contributed by atoms with Gasteiger partial charge in [-0.2, -0.15) is 5.79 Å². The van der Waals surface area contributed by atoms with Crippen molar-refractivity contribution in [3.05, 3.63) is 12.0 Å². The van der Waals surface area contributed by atoms with Crippen LogP contribution in [0.15, 0.2) is 12.0 Å². The van der Waals surface area contributed by atoms with Crippen molar-refractivity contribution in [3.8, 4) is 0 Å². The number of rotatable bonds is 9. The van der Waals surface area contributed by atoms with Crippen LogP contribution in [0.1, 0.15) is 33.6 Å². The predicted octanol–water partition coefficient (Wildman–Crippen LogP) is 2.40. The van der Waals surface area contributed by atoms with Crippen LogP contribution in [0.4, 0.5) is 0 Å². The minimum absolute atomic E-state index is 0.0850. The lowest BCUT2D eigenvalue weighted by atomic mass is 10.4. The van der Waals surface area contributed by atoms with E-state index in [1.165, 1.54) is 13.0 Å². The Morgan fingerprint density at radius 2 is 2.06 bits per heavy atom. The van der Waals surface area contributed by atoms with Gasteiger partial charge in [-0.15, -0.1) is 0 Å². The zero-order chi connectivity index (χ0) is 12.4. The lowest BCUT2D eigenvalue weighted by Gasteiger charge is -2.27. The number of ether oxygens (including phenoxy) is 1. The number of unbranched alkanes of at least 4 members (excludes halogenated alkanes) is 1. The van der Waals surface area contributed by atoms with E-state index in [1.807, 2.05) is 12.7 Å². The largest absolute Gasteiger partial charge is 0.769 e. The van der Waals surface area contributed by atoms with Crippen molar-refractivity contribution in [3.63, 3.8) is 0 Å². The lowest BCUT2D eigenvalue weighted by Crippen LogP contribution is -2.20. The van der Waals surface area contributed by atoms with E-state index in [0.717, 1.165) is 12.8 Å². The smallest absolute Gasteiger partial charge is 0.427 e. The minimum atomic E-state index is -1.73. The van der Waals surface area contributed by atoms with Gasteiger partial charge in [-0.05, 0) is 26.9 Å². The maximum absolute atomic E-state index is 10.9. The van der Waals surface area contributed by atoms with E-state index in [0.29, 0.717) is 13.2 Å². The molecule has 0 fully saturated rings. The third-order valence-corrected chi connectivity index (χ3v) is 3.01. The van der Waals surface area contributed by atoms with Gasteiger partial charge in [0.1, 0.15) is 0 Å². The monoisotopic (exact) mass is 244 g/mol. The highest BCUT2D eigenvalue weighted by Gasteiger charge is 2.04. The summed E-state index contributed by atoms with van der Waals surface area (Å²) in [6.07, 6.45) is 3.49. The first-order valence-corrected chi connectivity index (χ1v) is 7.83. The van der Waals surface area contributed by atoms with Crippen molar-refractivity contribution in [1.29, 1.82) is 0 Å². The fourth-order valence-corrected chi connectivity index (χ4v) is 2.04. The summed E-state index contributed by atoms with van der Waals surface area (Å²) in [7, 11) is 0. The first-order chi connectivity index (χ1) is 7.60. The zero-order valence-corrected chi connectivity index (χ0v) is 11.8. The number of ketones is 1. The average Bonchev–Trinajstić information content (AvgIpc) is 2.17. The summed E-state index contributed by atoms with van der Waals surface area (Å²) in [5, 5.41) is 0. The maximum Gasteiger partial charge on any atom is 0.427 e. The van der Waals surface area contributed by atoms with Crippen LogP contribution < -0.4 is 0 Å². The van der Waals surface area contributed by atoms with Gasteiger partial charge in [-0.3, -0.25) is 4.79 Å². The zero-order valence-electron chi connectivity index (χ0n) is 10.6. The molecule has 16 heavy (non-hydrogen) atoms. The third kappa shape index (κ3) is 8.78. The fourth-order valence-electron chi connectivity index (χ4n) is 1.01. The molecule has 0 atom stereocenters. The SMILES string of the molecule is CCCC[O][Al-]([CH3])[O]C(=CC(C)=O)OCC. The number of carbonyl (C=O) groups excluding carboxylic acids is 1. The van der Waals surface area contributed by atoms with Gasteiger partial charge in [0.15, 0.2) is 5.78 Å². The van der Waals surface area contributed by atoms with Gasteiger partial charge < -0.3 is 12.3 Å². The van der Waals surface area contributed by atoms with E-state index in [4.69, 9.17) is 12.3 Å². The molecule has 93 valence electrons. The molecule has 0 saturated carbocycles. The summed E-state index contributed by atoms with van der Waals surface area (Å²) in [6.45, 7) is 6.62. The first-order valence-electron chi connectivity index (χ1n) is 5.73. The highest BCUT2D eigenvalue weighted by Crippen LogP contribution is 2.04. The van der Waals surface area contributed by atoms with Gasteiger partial charge in [0, 0.05) is 0 Å². The van der Waals surface area contributed by atoms with Crippen LogP contribution in [0, 0.1) is 0 Å². The van der Waals surface area contributed by atoms with Crippen molar-refractivity contribution in [2.75, 3.05) is 13.2 Å². The normalized spacial score (nSPS) is 11.7. The fraction of sp³-hybridized carbons (Fsp3) is 0.727. The molecule has 0 aromatic rings. The van der Waals surface area contributed by atoms with E-state index in [2.05, 4.69) is 6.92 Å². The van der Waals surface area contributed by atoms with Gasteiger partial charge >= 0.3 is 14.8 Å². The van der Waals surface area contributed by atoms with Crippen molar-refractivity contribution >= 4 is 20.6 Å². The minimum Gasteiger partial charge on any atom is -0.769 e. The van der Waals surface area contributed by atoms with Crippen LogP contribution in [0.25, 0.3) is 0 Å². The summed E-state index contributed by atoms with van der Waals surface area (Å²) in [5.41, 5.74) is 0. The highest BCUT2D eigenvalue weighted by atomic mass is 27.2. The summed E-state index contributed by atoms with van der Waals surface area (Å²) >= 11 is -1.73. The standard InChI is InChI=1S/C6H10O3.C4H9O.CH3.Al/c1-3-9-6(8)4-5(2)7;1-2-3-4-5;;/h4,8H,3H2,1-2H3;2-4H2,1H3;1H3;/q;-1;;+1/p-1. The Morgan fingerprint density at radius 1 is 1.38 bits per heavy atom.